The highest BCUT2D eigenvalue weighted by atomic mass is 16.6. The van der Waals surface area contributed by atoms with Crippen molar-refractivity contribution in [1.82, 2.24) is 19.3 Å². The van der Waals surface area contributed by atoms with Gasteiger partial charge in [0.15, 0.2) is 5.78 Å². The van der Waals surface area contributed by atoms with Crippen LogP contribution in [-0.4, -0.2) is 63.0 Å². The molecule has 4 aromatic rings. The molecule has 3 aliphatic rings. The number of hydrogen-bond acceptors (Lipinski definition) is 6. The molecular formula is C29H26N4O4. The number of benzene rings is 2. The van der Waals surface area contributed by atoms with E-state index in [-0.39, 0.29) is 42.4 Å². The first-order valence-electron chi connectivity index (χ1n) is 12.7. The number of ether oxygens (including phenoxy) is 2. The highest BCUT2D eigenvalue weighted by Gasteiger charge is 2.45. The third-order valence-corrected chi connectivity index (χ3v) is 7.98. The third-order valence-electron chi connectivity index (χ3n) is 7.98. The van der Waals surface area contributed by atoms with Crippen molar-refractivity contribution in [3.05, 3.63) is 90.0 Å². The van der Waals surface area contributed by atoms with Crippen molar-refractivity contribution in [2.24, 2.45) is 5.92 Å². The van der Waals surface area contributed by atoms with Crippen LogP contribution in [0.3, 0.4) is 0 Å². The zero-order chi connectivity index (χ0) is 24.9. The number of imidazole rings is 1. The lowest BCUT2D eigenvalue weighted by Gasteiger charge is -2.47. The van der Waals surface area contributed by atoms with Gasteiger partial charge in [-0.1, -0.05) is 48.5 Å². The zero-order valence-corrected chi connectivity index (χ0v) is 20.2. The topological polar surface area (TPSA) is 86.0 Å². The molecule has 2 aromatic carbocycles. The molecule has 0 saturated carbocycles. The lowest BCUT2D eigenvalue weighted by Crippen LogP contribution is -2.60. The first-order valence-corrected chi connectivity index (χ1v) is 12.7. The number of nitrogens with zero attached hydrogens (tertiary/aromatic N) is 4. The van der Waals surface area contributed by atoms with Gasteiger partial charge in [-0.3, -0.25) is 14.1 Å². The van der Waals surface area contributed by atoms with E-state index in [2.05, 4.69) is 34.2 Å². The summed E-state index contributed by atoms with van der Waals surface area (Å²) in [6.07, 6.45) is 5.79. The van der Waals surface area contributed by atoms with Gasteiger partial charge < -0.3 is 9.47 Å². The van der Waals surface area contributed by atoms with Gasteiger partial charge in [0.1, 0.15) is 12.3 Å². The van der Waals surface area contributed by atoms with E-state index >= 15 is 0 Å². The quantitative estimate of drug-likeness (QED) is 0.393. The number of hydrogen-bond donors (Lipinski definition) is 0. The molecule has 0 N–H and O–H groups in total. The van der Waals surface area contributed by atoms with Gasteiger partial charge in [-0.25, -0.2) is 14.8 Å². The monoisotopic (exact) mass is 494 g/mol. The average molecular weight is 495 g/mol. The highest BCUT2D eigenvalue weighted by molar-refractivity contribution is 5.97. The molecular weight excluding hydrogens is 468 g/mol. The summed E-state index contributed by atoms with van der Waals surface area (Å²) in [4.78, 5) is 37.2. The van der Waals surface area contributed by atoms with Crippen molar-refractivity contribution in [1.29, 1.82) is 0 Å². The fraction of sp³-hybridized carbons (Fsp3) is 0.310. The SMILES string of the molecule is O=C(c1cnc2ncccn12)C1CC2COCC(C1)N2C(=O)OCC1c2ccccc2-c2ccccc21. The van der Waals surface area contributed by atoms with Gasteiger partial charge >= 0.3 is 6.09 Å². The number of carbonyl (C=O) groups is 2. The molecule has 2 saturated heterocycles. The maximum Gasteiger partial charge on any atom is 0.410 e. The van der Waals surface area contributed by atoms with E-state index in [1.54, 1.807) is 29.1 Å². The maximum atomic E-state index is 13.5. The first-order chi connectivity index (χ1) is 18.2. The maximum absolute atomic E-state index is 13.5. The van der Waals surface area contributed by atoms with Gasteiger partial charge in [0.25, 0.3) is 0 Å². The number of morpholine rings is 1. The van der Waals surface area contributed by atoms with E-state index in [9.17, 15) is 9.59 Å². The van der Waals surface area contributed by atoms with Crippen molar-refractivity contribution in [2.75, 3.05) is 19.8 Å². The minimum atomic E-state index is -0.329. The van der Waals surface area contributed by atoms with Crippen LogP contribution in [0.25, 0.3) is 16.9 Å². The van der Waals surface area contributed by atoms with Crippen LogP contribution >= 0.6 is 0 Å². The van der Waals surface area contributed by atoms with Crippen LogP contribution in [0.1, 0.15) is 40.4 Å². The molecule has 1 aliphatic carbocycles. The van der Waals surface area contributed by atoms with Gasteiger partial charge in [-0.15, -0.1) is 0 Å². The molecule has 2 bridgehead atoms. The van der Waals surface area contributed by atoms with Crippen molar-refractivity contribution in [3.63, 3.8) is 0 Å². The number of carbonyl (C=O) groups excluding carboxylic acids is 2. The van der Waals surface area contributed by atoms with E-state index in [0.29, 0.717) is 37.5 Å². The summed E-state index contributed by atoms with van der Waals surface area (Å²) < 4.78 is 13.5. The number of rotatable bonds is 4. The molecule has 37 heavy (non-hydrogen) atoms. The summed E-state index contributed by atoms with van der Waals surface area (Å²) in [6.45, 7) is 1.08. The minimum absolute atomic E-state index is 0.00955. The van der Waals surface area contributed by atoms with E-state index in [0.717, 1.165) is 0 Å². The molecule has 2 aromatic heterocycles. The van der Waals surface area contributed by atoms with Crippen molar-refractivity contribution < 1.29 is 19.1 Å². The Labute approximate surface area is 213 Å². The normalized spacial score (nSPS) is 22.5. The van der Waals surface area contributed by atoms with E-state index in [1.807, 2.05) is 29.2 Å². The number of amides is 1. The van der Waals surface area contributed by atoms with Crippen molar-refractivity contribution in [3.8, 4) is 11.1 Å². The van der Waals surface area contributed by atoms with Crippen molar-refractivity contribution >= 4 is 17.7 Å². The Morgan fingerprint density at radius 2 is 1.59 bits per heavy atom. The third kappa shape index (κ3) is 3.62. The predicted molar refractivity (Wildman–Crippen MR) is 135 cm³/mol. The molecule has 2 atom stereocenters. The molecule has 4 heterocycles. The molecule has 0 spiro atoms. The van der Waals surface area contributed by atoms with Gasteiger partial charge in [-0.05, 0) is 41.2 Å². The molecule has 1 amide bonds. The fourth-order valence-corrected chi connectivity index (χ4v) is 6.32. The molecule has 2 aliphatic heterocycles. The minimum Gasteiger partial charge on any atom is -0.448 e. The Balaban J connectivity index is 1.08. The summed E-state index contributed by atoms with van der Waals surface area (Å²) >= 11 is 0. The number of Topliss-reactive ketones (excluding diaryl/α,β-unsaturated/α-hetero) is 1. The van der Waals surface area contributed by atoms with Gasteiger partial charge in [0.2, 0.25) is 5.78 Å². The Hall–Kier alpha value is -4.04. The molecule has 0 radical (unpaired) electrons. The fourth-order valence-electron chi connectivity index (χ4n) is 6.32. The van der Waals surface area contributed by atoms with Crippen molar-refractivity contribution in [2.45, 2.75) is 30.8 Å². The molecule has 2 fully saturated rings. The Bertz CT molecular complexity index is 1460. The lowest BCUT2D eigenvalue weighted by molar-refractivity contribution is -0.0748. The molecule has 2 unspecified atom stereocenters. The Morgan fingerprint density at radius 1 is 0.919 bits per heavy atom. The van der Waals surface area contributed by atoms with E-state index in [4.69, 9.17) is 9.47 Å². The average Bonchev–Trinajstić information content (AvgIpc) is 3.50. The summed E-state index contributed by atoms with van der Waals surface area (Å²) in [5.41, 5.74) is 5.30. The summed E-state index contributed by atoms with van der Waals surface area (Å²) in [7, 11) is 0. The molecule has 8 nitrogen and oxygen atoms in total. The number of aromatic nitrogens is 3. The van der Waals surface area contributed by atoms with Gasteiger partial charge in [0, 0.05) is 24.2 Å². The number of ketones is 1. The van der Waals surface area contributed by atoms with Crippen LogP contribution in [-0.2, 0) is 9.47 Å². The highest BCUT2D eigenvalue weighted by Crippen LogP contribution is 2.44. The van der Waals surface area contributed by atoms with Crippen LogP contribution in [0.5, 0.6) is 0 Å². The summed E-state index contributed by atoms with van der Waals surface area (Å²) in [5, 5.41) is 0. The smallest absolute Gasteiger partial charge is 0.410 e. The zero-order valence-electron chi connectivity index (χ0n) is 20.2. The number of fused-ring (bicyclic) bond motifs is 6. The largest absolute Gasteiger partial charge is 0.448 e. The Kier molecular flexibility index (Phi) is 5.28. The lowest BCUT2D eigenvalue weighted by atomic mass is 9.82. The van der Waals surface area contributed by atoms with Crippen LogP contribution in [0.2, 0.25) is 0 Å². The molecule has 8 heteroatoms. The molecule has 7 rings (SSSR count). The second-order valence-corrected chi connectivity index (χ2v) is 10.0. The second-order valence-electron chi connectivity index (χ2n) is 10.0. The van der Waals surface area contributed by atoms with Crippen LogP contribution < -0.4 is 0 Å². The van der Waals surface area contributed by atoms with Crippen LogP contribution in [0.15, 0.2) is 73.2 Å². The number of piperidine rings is 1. The molecule has 186 valence electrons. The first kappa shape index (κ1) is 22.2. The van der Waals surface area contributed by atoms with Crippen LogP contribution in [0, 0.1) is 5.92 Å². The predicted octanol–water partition coefficient (Wildman–Crippen LogP) is 4.34. The van der Waals surface area contributed by atoms with Crippen LogP contribution in [0.4, 0.5) is 4.79 Å². The van der Waals surface area contributed by atoms with Gasteiger partial charge in [-0.2, -0.15) is 0 Å². The second kappa shape index (κ2) is 8.81. The van der Waals surface area contributed by atoms with E-state index < -0.39 is 0 Å². The van der Waals surface area contributed by atoms with E-state index in [1.165, 1.54) is 22.3 Å². The van der Waals surface area contributed by atoms with Gasteiger partial charge in [0.05, 0.1) is 31.5 Å². The summed E-state index contributed by atoms with van der Waals surface area (Å²) in [5.74, 6) is 0.335. The standard InChI is InChI=1S/C29H26N4O4/c34-27(26-14-31-28-30-10-5-11-32(26)28)18-12-19-15-36-16-20(13-18)33(19)29(35)37-17-25-23-8-3-1-6-21(23)22-7-2-4-9-24(22)25/h1-11,14,18-20,25H,12-13,15-17H2. The Morgan fingerprint density at radius 3 is 2.30 bits per heavy atom. The summed E-state index contributed by atoms with van der Waals surface area (Å²) in [6, 6.07) is 18.0.